The van der Waals surface area contributed by atoms with Gasteiger partial charge in [-0.2, -0.15) is 0 Å². The molecule has 2 rings (SSSR count). The molecule has 2 heterocycles. The molecule has 0 aliphatic heterocycles. The van der Waals surface area contributed by atoms with Crippen molar-refractivity contribution in [1.82, 2.24) is 9.38 Å². The summed E-state index contributed by atoms with van der Waals surface area (Å²) in [7, 11) is 0. The lowest BCUT2D eigenvalue weighted by molar-refractivity contribution is 0.287. The molecule has 0 saturated heterocycles. The first-order chi connectivity index (χ1) is 6.83. The molecule has 14 heavy (non-hydrogen) atoms. The van der Waals surface area contributed by atoms with Gasteiger partial charge in [0.05, 0.1) is 11.7 Å². The van der Waals surface area contributed by atoms with Gasteiger partial charge in [-0.3, -0.25) is 0 Å². The van der Waals surface area contributed by atoms with E-state index in [1.165, 1.54) is 0 Å². The second kappa shape index (κ2) is 4.11. The standard InChI is InChI=1S/C10H11BrN2O/c11-8-3-1-5-13-9(8)7-12-10(13)4-2-6-14/h1,3,5,7,14H,2,4,6H2. The van der Waals surface area contributed by atoms with E-state index in [2.05, 4.69) is 20.9 Å². The fourth-order valence-corrected chi connectivity index (χ4v) is 1.91. The van der Waals surface area contributed by atoms with Crippen LogP contribution in [0.5, 0.6) is 0 Å². The zero-order valence-corrected chi connectivity index (χ0v) is 9.24. The predicted octanol–water partition coefficient (Wildman–Crippen LogP) is 2.02. The Labute approximate surface area is 90.5 Å². The fourth-order valence-electron chi connectivity index (χ4n) is 1.46. The summed E-state index contributed by atoms with van der Waals surface area (Å²) in [5.41, 5.74) is 1.07. The number of pyridine rings is 1. The maximum atomic E-state index is 8.75. The molecule has 2 aromatic heterocycles. The second-order valence-corrected chi connectivity index (χ2v) is 3.97. The molecule has 3 nitrogen and oxygen atoms in total. The molecule has 2 aromatic rings. The Morgan fingerprint density at radius 1 is 1.50 bits per heavy atom. The fraction of sp³-hybridized carbons (Fsp3) is 0.300. The van der Waals surface area contributed by atoms with Gasteiger partial charge in [0.15, 0.2) is 0 Å². The van der Waals surface area contributed by atoms with Crippen molar-refractivity contribution < 1.29 is 5.11 Å². The van der Waals surface area contributed by atoms with Crippen LogP contribution in [-0.2, 0) is 6.42 Å². The van der Waals surface area contributed by atoms with Crippen molar-refractivity contribution in [2.24, 2.45) is 0 Å². The highest BCUT2D eigenvalue weighted by Crippen LogP contribution is 2.18. The van der Waals surface area contributed by atoms with Gasteiger partial charge in [0.25, 0.3) is 0 Å². The second-order valence-electron chi connectivity index (χ2n) is 3.11. The van der Waals surface area contributed by atoms with Crippen molar-refractivity contribution in [1.29, 1.82) is 0 Å². The summed E-state index contributed by atoms with van der Waals surface area (Å²) in [4.78, 5) is 4.32. The lowest BCUT2D eigenvalue weighted by Gasteiger charge is -2.00. The highest BCUT2D eigenvalue weighted by Gasteiger charge is 2.04. The van der Waals surface area contributed by atoms with E-state index < -0.39 is 0 Å². The summed E-state index contributed by atoms with van der Waals surface area (Å²) >= 11 is 3.47. The zero-order chi connectivity index (χ0) is 9.97. The van der Waals surface area contributed by atoms with E-state index in [0.29, 0.717) is 0 Å². The number of hydrogen-bond donors (Lipinski definition) is 1. The van der Waals surface area contributed by atoms with E-state index in [9.17, 15) is 0 Å². The van der Waals surface area contributed by atoms with Crippen LogP contribution in [0.25, 0.3) is 5.52 Å². The van der Waals surface area contributed by atoms with Gasteiger partial charge >= 0.3 is 0 Å². The first kappa shape index (κ1) is 9.68. The third-order valence-electron chi connectivity index (χ3n) is 2.15. The molecule has 0 aliphatic rings. The van der Waals surface area contributed by atoms with E-state index in [1.54, 1.807) is 0 Å². The summed E-state index contributed by atoms with van der Waals surface area (Å²) in [5, 5.41) is 8.75. The van der Waals surface area contributed by atoms with Crippen molar-refractivity contribution in [3.63, 3.8) is 0 Å². The first-order valence-electron chi connectivity index (χ1n) is 4.54. The number of aliphatic hydroxyl groups is 1. The first-order valence-corrected chi connectivity index (χ1v) is 5.33. The molecule has 0 radical (unpaired) electrons. The number of aryl methyl sites for hydroxylation is 1. The van der Waals surface area contributed by atoms with Gasteiger partial charge in [-0.25, -0.2) is 4.98 Å². The average molecular weight is 255 g/mol. The van der Waals surface area contributed by atoms with Crippen LogP contribution in [0.2, 0.25) is 0 Å². The van der Waals surface area contributed by atoms with Crippen LogP contribution in [-0.4, -0.2) is 21.1 Å². The number of aliphatic hydroxyl groups excluding tert-OH is 1. The summed E-state index contributed by atoms with van der Waals surface area (Å²) in [6.07, 6.45) is 5.39. The molecule has 4 heteroatoms. The number of rotatable bonds is 3. The van der Waals surface area contributed by atoms with Gasteiger partial charge in [0, 0.05) is 23.7 Å². The van der Waals surface area contributed by atoms with Gasteiger partial charge in [-0.05, 0) is 34.5 Å². The quantitative estimate of drug-likeness (QED) is 0.911. The van der Waals surface area contributed by atoms with Crippen molar-refractivity contribution in [3.8, 4) is 0 Å². The van der Waals surface area contributed by atoms with Gasteiger partial charge in [0.2, 0.25) is 0 Å². The molecule has 74 valence electrons. The van der Waals surface area contributed by atoms with Crippen LogP contribution in [0.15, 0.2) is 29.0 Å². The Bertz CT molecular complexity index is 439. The monoisotopic (exact) mass is 254 g/mol. The Kier molecular flexibility index (Phi) is 2.84. The molecule has 0 fully saturated rings. The smallest absolute Gasteiger partial charge is 0.113 e. The Balaban J connectivity index is 2.42. The molecule has 0 atom stereocenters. The van der Waals surface area contributed by atoms with Crippen LogP contribution in [0.4, 0.5) is 0 Å². The molecule has 0 amide bonds. The molecular weight excluding hydrogens is 244 g/mol. The minimum absolute atomic E-state index is 0.211. The molecule has 0 aromatic carbocycles. The summed E-state index contributed by atoms with van der Waals surface area (Å²) in [6.45, 7) is 0.211. The third kappa shape index (κ3) is 1.67. The van der Waals surface area contributed by atoms with Gasteiger partial charge < -0.3 is 9.51 Å². The maximum Gasteiger partial charge on any atom is 0.113 e. The third-order valence-corrected chi connectivity index (χ3v) is 2.82. The predicted molar refractivity (Wildman–Crippen MR) is 58.3 cm³/mol. The van der Waals surface area contributed by atoms with E-state index in [1.807, 2.05) is 28.9 Å². The molecule has 0 saturated carbocycles. The maximum absolute atomic E-state index is 8.75. The van der Waals surface area contributed by atoms with Crippen molar-refractivity contribution >= 4 is 21.4 Å². The van der Waals surface area contributed by atoms with E-state index in [4.69, 9.17) is 5.11 Å². The van der Waals surface area contributed by atoms with E-state index in [-0.39, 0.29) is 6.61 Å². The summed E-state index contributed by atoms with van der Waals surface area (Å²) in [5.74, 6) is 0.996. The molecule has 0 unspecified atom stereocenters. The molecule has 1 N–H and O–H groups in total. The Morgan fingerprint density at radius 2 is 2.36 bits per heavy atom. The summed E-state index contributed by atoms with van der Waals surface area (Å²) in [6, 6.07) is 3.97. The zero-order valence-electron chi connectivity index (χ0n) is 7.65. The van der Waals surface area contributed by atoms with Gasteiger partial charge in [0.1, 0.15) is 5.82 Å². The lowest BCUT2D eigenvalue weighted by Crippen LogP contribution is -1.96. The van der Waals surface area contributed by atoms with E-state index >= 15 is 0 Å². The van der Waals surface area contributed by atoms with Crippen molar-refractivity contribution in [2.45, 2.75) is 12.8 Å². The van der Waals surface area contributed by atoms with Crippen LogP contribution >= 0.6 is 15.9 Å². The average Bonchev–Trinajstić information content (AvgIpc) is 2.60. The highest BCUT2D eigenvalue weighted by molar-refractivity contribution is 9.10. The lowest BCUT2D eigenvalue weighted by atomic mass is 10.3. The van der Waals surface area contributed by atoms with Crippen LogP contribution in [0.3, 0.4) is 0 Å². The number of halogens is 1. The largest absolute Gasteiger partial charge is 0.396 e. The summed E-state index contributed by atoms with van der Waals surface area (Å²) < 4.78 is 3.09. The molecule has 0 aliphatic carbocycles. The van der Waals surface area contributed by atoms with Crippen molar-refractivity contribution in [2.75, 3.05) is 6.61 Å². The van der Waals surface area contributed by atoms with E-state index in [0.717, 1.165) is 28.7 Å². The van der Waals surface area contributed by atoms with Crippen molar-refractivity contribution in [3.05, 3.63) is 34.8 Å². The topological polar surface area (TPSA) is 37.5 Å². The van der Waals surface area contributed by atoms with Gasteiger partial charge in [-0.15, -0.1) is 0 Å². The normalized spacial score (nSPS) is 11.0. The SMILES string of the molecule is OCCCc1ncc2c(Br)cccn12. The van der Waals surface area contributed by atoms with Crippen LogP contribution in [0.1, 0.15) is 12.2 Å². The highest BCUT2D eigenvalue weighted by atomic mass is 79.9. The minimum atomic E-state index is 0.211. The molecule has 0 spiro atoms. The number of fused-ring (bicyclic) bond motifs is 1. The van der Waals surface area contributed by atoms with Crippen LogP contribution in [0, 0.1) is 0 Å². The Hall–Kier alpha value is -0.870. The van der Waals surface area contributed by atoms with Gasteiger partial charge in [-0.1, -0.05) is 0 Å². The van der Waals surface area contributed by atoms with Crippen LogP contribution < -0.4 is 0 Å². The number of nitrogens with zero attached hydrogens (tertiary/aromatic N) is 2. The number of imidazole rings is 1. The minimum Gasteiger partial charge on any atom is -0.396 e. The molecule has 0 bridgehead atoms. The number of aromatic nitrogens is 2. The molecular formula is C10H11BrN2O. The Morgan fingerprint density at radius 3 is 3.14 bits per heavy atom. The number of hydrogen-bond acceptors (Lipinski definition) is 2.